The molecule has 2 saturated heterocycles. The number of hydrogen-bond acceptors (Lipinski definition) is 3. The fourth-order valence-corrected chi connectivity index (χ4v) is 2.98. The minimum Gasteiger partial charge on any atom is -0.466 e. The third-order valence-corrected chi connectivity index (χ3v) is 4.00. The second-order valence-electron chi connectivity index (χ2n) is 6.07. The first kappa shape index (κ1) is 12.9. The van der Waals surface area contributed by atoms with E-state index in [2.05, 4.69) is 13.8 Å². The first-order chi connectivity index (χ1) is 8.08. The molecule has 2 atom stereocenters. The number of esters is 1. The second-order valence-corrected chi connectivity index (χ2v) is 6.07. The largest absolute Gasteiger partial charge is 0.466 e. The zero-order chi connectivity index (χ0) is 12.3. The van der Waals surface area contributed by atoms with Gasteiger partial charge >= 0.3 is 5.97 Å². The van der Waals surface area contributed by atoms with Gasteiger partial charge in [0, 0.05) is 0 Å². The van der Waals surface area contributed by atoms with Gasteiger partial charge in [0.1, 0.15) is 0 Å². The highest BCUT2D eigenvalue weighted by Crippen LogP contribution is 2.41. The molecule has 2 rings (SSSR count). The standard InChI is InChI=1S/C14H24O3/c1-14(2)10-11-9-13(15)16-8-6-4-3-5-7-12(14)17-11/h11-12H,3-10H2,1-2H3/t11-,12+/m1/s1. The van der Waals surface area contributed by atoms with Crippen LogP contribution in [0.5, 0.6) is 0 Å². The highest BCUT2D eigenvalue weighted by Gasteiger charge is 2.41. The van der Waals surface area contributed by atoms with E-state index in [1.165, 1.54) is 12.8 Å². The molecule has 0 unspecified atom stereocenters. The van der Waals surface area contributed by atoms with Crippen molar-refractivity contribution in [3.63, 3.8) is 0 Å². The Morgan fingerprint density at radius 1 is 1.18 bits per heavy atom. The van der Waals surface area contributed by atoms with Gasteiger partial charge in [-0.2, -0.15) is 0 Å². The van der Waals surface area contributed by atoms with Gasteiger partial charge in [-0.05, 0) is 24.7 Å². The van der Waals surface area contributed by atoms with Gasteiger partial charge in [-0.1, -0.05) is 33.1 Å². The molecule has 0 spiro atoms. The van der Waals surface area contributed by atoms with Crippen molar-refractivity contribution in [1.82, 2.24) is 0 Å². The van der Waals surface area contributed by atoms with Crippen LogP contribution in [0, 0.1) is 5.41 Å². The molecule has 0 N–H and O–H groups in total. The monoisotopic (exact) mass is 240 g/mol. The van der Waals surface area contributed by atoms with Crippen molar-refractivity contribution in [3.05, 3.63) is 0 Å². The molecular formula is C14H24O3. The van der Waals surface area contributed by atoms with Crippen molar-refractivity contribution in [1.29, 1.82) is 0 Å². The van der Waals surface area contributed by atoms with E-state index in [0.717, 1.165) is 25.7 Å². The summed E-state index contributed by atoms with van der Waals surface area (Å²) < 4.78 is 11.2. The number of rotatable bonds is 0. The Bertz CT molecular complexity index is 273. The zero-order valence-corrected chi connectivity index (χ0v) is 11.0. The highest BCUT2D eigenvalue weighted by molar-refractivity contribution is 5.70. The fourth-order valence-electron chi connectivity index (χ4n) is 2.98. The number of carbonyl (C=O) groups is 1. The Balaban J connectivity index is 1.98. The molecule has 0 saturated carbocycles. The maximum absolute atomic E-state index is 11.6. The summed E-state index contributed by atoms with van der Waals surface area (Å²) in [5.41, 5.74) is 0.207. The number of ether oxygens (including phenoxy) is 2. The Hall–Kier alpha value is -0.570. The smallest absolute Gasteiger partial charge is 0.308 e. The summed E-state index contributed by atoms with van der Waals surface area (Å²) in [6.07, 6.45) is 7.55. The van der Waals surface area contributed by atoms with Gasteiger partial charge in [0.25, 0.3) is 0 Å². The Kier molecular flexibility index (Phi) is 4.08. The average molecular weight is 240 g/mol. The van der Waals surface area contributed by atoms with Crippen LogP contribution in [-0.2, 0) is 14.3 Å². The minimum absolute atomic E-state index is 0.0712. The van der Waals surface area contributed by atoms with E-state index < -0.39 is 0 Å². The SMILES string of the molecule is CC1(C)C[C@H]2CC(=O)OCCCCCC[C@@H]1O2. The van der Waals surface area contributed by atoms with Crippen LogP contribution in [0.2, 0.25) is 0 Å². The molecule has 2 bridgehead atoms. The number of carbonyl (C=O) groups excluding carboxylic acids is 1. The summed E-state index contributed by atoms with van der Waals surface area (Å²) in [6, 6.07) is 0. The number of cyclic esters (lactones) is 1. The first-order valence-corrected chi connectivity index (χ1v) is 6.89. The normalized spacial score (nSPS) is 34.6. The molecule has 98 valence electrons. The van der Waals surface area contributed by atoms with E-state index in [1.807, 2.05) is 0 Å². The van der Waals surface area contributed by atoms with E-state index in [-0.39, 0.29) is 17.5 Å². The Morgan fingerprint density at radius 3 is 2.76 bits per heavy atom. The molecule has 0 radical (unpaired) electrons. The second kappa shape index (κ2) is 5.38. The summed E-state index contributed by atoms with van der Waals surface area (Å²) in [4.78, 5) is 11.6. The third kappa shape index (κ3) is 3.44. The molecule has 2 heterocycles. The maximum Gasteiger partial charge on any atom is 0.308 e. The topological polar surface area (TPSA) is 35.5 Å². The average Bonchev–Trinajstić information content (AvgIpc) is 2.50. The summed E-state index contributed by atoms with van der Waals surface area (Å²) in [6.45, 7) is 5.09. The van der Waals surface area contributed by atoms with Crippen LogP contribution in [0.25, 0.3) is 0 Å². The van der Waals surface area contributed by atoms with E-state index >= 15 is 0 Å². The van der Waals surface area contributed by atoms with Crippen LogP contribution in [-0.4, -0.2) is 24.8 Å². The first-order valence-electron chi connectivity index (χ1n) is 6.89. The maximum atomic E-state index is 11.6. The molecule has 0 amide bonds. The van der Waals surface area contributed by atoms with Gasteiger partial charge in [0.05, 0.1) is 25.2 Å². The van der Waals surface area contributed by atoms with Gasteiger partial charge in [-0.15, -0.1) is 0 Å². The van der Waals surface area contributed by atoms with E-state index in [0.29, 0.717) is 19.1 Å². The van der Waals surface area contributed by atoms with Crippen molar-refractivity contribution >= 4 is 5.97 Å². The number of hydrogen-bond donors (Lipinski definition) is 0. The van der Waals surface area contributed by atoms with E-state index in [9.17, 15) is 4.79 Å². The molecule has 2 fully saturated rings. The molecule has 3 nitrogen and oxygen atoms in total. The van der Waals surface area contributed by atoms with Gasteiger partial charge in [0.15, 0.2) is 0 Å². The lowest BCUT2D eigenvalue weighted by molar-refractivity contribution is -0.147. The van der Waals surface area contributed by atoms with Gasteiger partial charge < -0.3 is 9.47 Å². The van der Waals surface area contributed by atoms with Crippen molar-refractivity contribution < 1.29 is 14.3 Å². The zero-order valence-electron chi connectivity index (χ0n) is 11.0. The Labute approximate surface area is 104 Å². The van der Waals surface area contributed by atoms with Crippen LogP contribution in [0.15, 0.2) is 0 Å². The summed E-state index contributed by atoms with van der Waals surface area (Å²) in [5, 5.41) is 0. The molecule has 0 aromatic heterocycles. The van der Waals surface area contributed by atoms with Crippen molar-refractivity contribution in [2.24, 2.45) is 5.41 Å². The summed E-state index contributed by atoms with van der Waals surface area (Å²) >= 11 is 0. The van der Waals surface area contributed by atoms with Crippen molar-refractivity contribution in [2.75, 3.05) is 6.61 Å². The lowest BCUT2D eigenvalue weighted by atomic mass is 9.81. The summed E-state index contributed by atoms with van der Waals surface area (Å²) in [7, 11) is 0. The number of fused-ring (bicyclic) bond motifs is 2. The highest BCUT2D eigenvalue weighted by atomic mass is 16.5. The van der Waals surface area contributed by atoms with Crippen LogP contribution in [0.1, 0.15) is 58.8 Å². The third-order valence-electron chi connectivity index (χ3n) is 4.00. The fraction of sp³-hybridized carbons (Fsp3) is 0.929. The lowest BCUT2D eigenvalue weighted by Crippen LogP contribution is -2.24. The van der Waals surface area contributed by atoms with Crippen LogP contribution in [0.4, 0.5) is 0 Å². The lowest BCUT2D eigenvalue weighted by Gasteiger charge is -2.25. The molecule has 0 aromatic carbocycles. The van der Waals surface area contributed by atoms with E-state index in [4.69, 9.17) is 9.47 Å². The van der Waals surface area contributed by atoms with Crippen LogP contribution in [0.3, 0.4) is 0 Å². The van der Waals surface area contributed by atoms with Gasteiger partial charge in [0.2, 0.25) is 0 Å². The molecule has 3 heteroatoms. The molecule has 2 aliphatic heterocycles. The van der Waals surface area contributed by atoms with Gasteiger partial charge in [-0.3, -0.25) is 4.79 Å². The molecule has 0 aromatic rings. The minimum atomic E-state index is -0.0907. The molecule has 17 heavy (non-hydrogen) atoms. The predicted molar refractivity (Wildman–Crippen MR) is 65.7 cm³/mol. The van der Waals surface area contributed by atoms with Crippen LogP contribution < -0.4 is 0 Å². The van der Waals surface area contributed by atoms with Crippen LogP contribution >= 0.6 is 0 Å². The molecular weight excluding hydrogens is 216 g/mol. The van der Waals surface area contributed by atoms with Crippen molar-refractivity contribution in [2.45, 2.75) is 71.0 Å². The Morgan fingerprint density at radius 2 is 1.94 bits per heavy atom. The quantitative estimate of drug-likeness (QED) is 0.610. The molecule has 2 aliphatic rings. The summed E-state index contributed by atoms with van der Waals surface area (Å²) in [5.74, 6) is -0.0907. The van der Waals surface area contributed by atoms with Gasteiger partial charge in [-0.25, -0.2) is 0 Å². The molecule has 0 aliphatic carbocycles. The van der Waals surface area contributed by atoms with E-state index in [1.54, 1.807) is 0 Å². The predicted octanol–water partition coefficient (Wildman–Crippen LogP) is 3.07. The van der Waals surface area contributed by atoms with Crippen molar-refractivity contribution in [3.8, 4) is 0 Å².